The molecule has 0 aliphatic carbocycles. The van der Waals surface area contributed by atoms with Gasteiger partial charge in [-0.15, -0.1) is 0 Å². The first-order valence-corrected chi connectivity index (χ1v) is 10.1. The Bertz CT molecular complexity index is 1010. The number of benzene rings is 1. The lowest BCUT2D eigenvalue weighted by Gasteiger charge is -2.51. The van der Waals surface area contributed by atoms with Crippen LogP contribution in [0.25, 0.3) is 0 Å². The summed E-state index contributed by atoms with van der Waals surface area (Å²) in [5.74, 6) is -1.86. The van der Waals surface area contributed by atoms with E-state index in [1.165, 1.54) is 34.2 Å². The molecule has 2 saturated heterocycles. The van der Waals surface area contributed by atoms with E-state index in [4.69, 9.17) is 0 Å². The summed E-state index contributed by atoms with van der Waals surface area (Å²) in [5.41, 5.74) is 0.785. The zero-order valence-electron chi connectivity index (χ0n) is 17.1. The van der Waals surface area contributed by atoms with Gasteiger partial charge < -0.3 is 15.0 Å². The number of ketones is 1. The molecule has 0 spiro atoms. The van der Waals surface area contributed by atoms with Crippen LogP contribution in [0.2, 0.25) is 0 Å². The molecule has 31 heavy (non-hydrogen) atoms. The molecular formula is C22H23FN4O4. The number of piperidine rings is 1. The van der Waals surface area contributed by atoms with Gasteiger partial charge >= 0.3 is 5.91 Å². The number of halogens is 1. The number of aromatic nitrogens is 1. The van der Waals surface area contributed by atoms with E-state index in [0.717, 1.165) is 5.56 Å². The Labute approximate surface area is 179 Å². The number of fused-ring (bicyclic) bond motifs is 1. The molecule has 0 N–H and O–H groups in total. The maximum atomic E-state index is 13.3. The van der Waals surface area contributed by atoms with Crippen LogP contribution in [-0.2, 0) is 16.1 Å². The van der Waals surface area contributed by atoms with Crippen molar-refractivity contribution in [3.63, 3.8) is 0 Å². The maximum Gasteiger partial charge on any atom is 0.320 e. The molecule has 2 atom stereocenters. The number of Topliss-reactive ketones (excluding diaryl/α,β-unsaturated/α-hetero) is 1. The van der Waals surface area contributed by atoms with Crippen molar-refractivity contribution in [3.8, 4) is 0 Å². The molecule has 2 amide bonds. The Hall–Kier alpha value is -3.33. The van der Waals surface area contributed by atoms with Crippen molar-refractivity contribution in [1.82, 2.24) is 14.7 Å². The standard InChI is InChI=1S/C22H23FN4O4/c1-24(21(29)18-5-2-3-12-27(18)31)17-6-4-11-26-20(17)25(14-19(28)22(26)30)13-15-7-9-16(23)10-8-15/h2-3,5,7-10,12,17,20H,4,6,11,13-14H2,1H3. The highest BCUT2D eigenvalue weighted by atomic mass is 19.1. The molecule has 0 saturated carbocycles. The van der Waals surface area contributed by atoms with Crippen molar-refractivity contribution >= 4 is 17.6 Å². The summed E-state index contributed by atoms with van der Waals surface area (Å²) in [6, 6.07) is 10.2. The predicted molar refractivity (Wildman–Crippen MR) is 108 cm³/mol. The molecule has 2 aliphatic heterocycles. The van der Waals surface area contributed by atoms with Gasteiger partial charge in [-0.25, -0.2) is 4.39 Å². The highest BCUT2D eigenvalue weighted by Crippen LogP contribution is 2.29. The van der Waals surface area contributed by atoms with Crippen LogP contribution in [0.4, 0.5) is 4.39 Å². The Morgan fingerprint density at radius 3 is 2.68 bits per heavy atom. The highest BCUT2D eigenvalue weighted by Gasteiger charge is 2.47. The second-order valence-corrected chi connectivity index (χ2v) is 7.90. The normalized spacial score (nSPS) is 21.7. The van der Waals surface area contributed by atoms with E-state index in [-0.39, 0.29) is 18.1 Å². The van der Waals surface area contributed by atoms with Gasteiger partial charge in [0.05, 0.1) is 12.6 Å². The van der Waals surface area contributed by atoms with Crippen LogP contribution < -0.4 is 4.73 Å². The summed E-state index contributed by atoms with van der Waals surface area (Å²) in [4.78, 5) is 42.9. The third-order valence-corrected chi connectivity index (χ3v) is 5.94. The largest absolute Gasteiger partial charge is 0.618 e. The molecule has 0 radical (unpaired) electrons. The SMILES string of the molecule is CN(C(=O)c1cccc[n+]1[O-])C1CCCN2C(=O)C(=O)CN(Cc3ccc(F)cc3)C12. The average Bonchev–Trinajstić information content (AvgIpc) is 2.77. The number of hydrogen-bond acceptors (Lipinski definition) is 5. The van der Waals surface area contributed by atoms with E-state index in [9.17, 15) is 24.0 Å². The van der Waals surface area contributed by atoms with Gasteiger partial charge in [-0.1, -0.05) is 12.1 Å². The predicted octanol–water partition coefficient (Wildman–Crippen LogP) is 0.933. The van der Waals surface area contributed by atoms with E-state index < -0.39 is 29.8 Å². The molecule has 1 aromatic carbocycles. The van der Waals surface area contributed by atoms with Crippen molar-refractivity contribution < 1.29 is 23.5 Å². The summed E-state index contributed by atoms with van der Waals surface area (Å²) in [5, 5.41) is 12.1. The average molecular weight is 426 g/mol. The number of amides is 2. The number of likely N-dealkylation sites (N-methyl/N-ethyl adjacent to an activating group) is 1. The van der Waals surface area contributed by atoms with E-state index in [1.807, 2.05) is 4.90 Å². The van der Waals surface area contributed by atoms with Crippen molar-refractivity contribution in [2.45, 2.75) is 31.6 Å². The molecule has 9 heteroatoms. The fourth-order valence-electron chi connectivity index (χ4n) is 4.42. The zero-order chi connectivity index (χ0) is 22.1. The summed E-state index contributed by atoms with van der Waals surface area (Å²) in [7, 11) is 1.61. The van der Waals surface area contributed by atoms with E-state index in [1.54, 1.807) is 31.3 Å². The summed E-state index contributed by atoms with van der Waals surface area (Å²) < 4.78 is 13.8. The van der Waals surface area contributed by atoms with Crippen LogP contribution in [-0.4, -0.2) is 64.6 Å². The Morgan fingerprint density at radius 1 is 1.23 bits per heavy atom. The minimum absolute atomic E-state index is 0.00887. The molecule has 2 aromatic rings. The fraction of sp³-hybridized carbons (Fsp3) is 0.364. The van der Waals surface area contributed by atoms with Gasteiger partial charge in [0.25, 0.3) is 11.6 Å². The number of rotatable bonds is 4. The van der Waals surface area contributed by atoms with Gasteiger partial charge in [0.1, 0.15) is 12.0 Å². The number of hydrogen-bond donors (Lipinski definition) is 0. The topological polar surface area (TPSA) is 87.9 Å². The van der Waals surface area contributed by atoms with Crippen molar-refractivity contribution in [1.29, 1.82) is 0 Å². The quantitative estimate of drug-likeness (QED) is 0.412. The van der Waals surface area contributed by atoms with Crippen LogP contribution >= 0.6 is 0 Å². The number of pyridine rings is 1. The first kappa shape index (κ1) is 20.9. The summed E-state index contributed by atoms with van der Waals surface area (Å²) in [6.45, 7) is 0.662. The lowest BCUT2D eigenvalue weighted by Crippen LogP contribution is -2.69. The Balaban J connectivity index is 1.64. The molecule has 4 rings (SSSR count). The van der Waals surface area contributed by atoms with Crippen LogP contribution in [0.3, 0.4) is 0 Å². The molecule has 2 aliphatic rings. The second-order valence-electron chi connectivity index (χ2n) is 7.90. The number of carbonyl (C=O) groups is 3. The first-order valence-electron chi connectivity index (χ1n) is 10.1. The van der Waals surface area contributed by atoms with E-state index >= 15 is 0 Å². The molecule has 2 unspecified atom stereocenters. The first-order chi connectivity index (χ1) is 14.9. The minimum atomic E-state index is -0.551. The zero-order valence-corrected chi connectivity index (χ0v) is 17.1. The van der Waals surface area contributed by atoms with E-state index in [0.29, 0.717) is 30.7 Å². The second kappa shape index (κ2) is 8.43. The van der Waals surface area contributed by atoms with Crippen LogP contribution in [0.5, 0.6) is 0 Å². The van der Waals surface area contributed by atoms with Gasteiger partial charge in [0.15, 0.2) is 6.20 Å². The smallest absolute Gasteiger partial charge is 0.320 e. The Morgan fingerprint density at radius 2 is 1.97 bits per heavy atom. The molecule has 0 bridgehead atoms. The van der Waals surface area contributed by atoms with Gasteiger partial charge in [-0.3, -0.25) is 19.3 Å². The monoisotopic (exact) mass is 426 g/mol. The molecule has 2 fully saturated rings. The molecule has 162 valence electrons. The number of nitrogens with zero attached hydrogens (tertiary/aromatic N) is 4. The van der Waals surface area contributed by atoms with E-state index in [2.05, 4.69) is 0 Å². The van der Waals surface area contributed by atoms with Gasteiger partial charge in [-0.05, 0) is 36.6 Å². The van der Waals surface area contributed by atoms with Crippen molar-refractivity contribution in [2.24, 2.45) is 0 Å². The highest BCUT2D eigenvalue weighted by molar-refractivity contribution is 6.37. The molecular weight excluding hydrogens is 403 g/mol. The molecule has 8 nitrogen and oxygen atoms in total. The summed E-state index contributed by atoms with van der Waals surface area (Å²) in [6.07, 6.45) is 2.00. The number of carbonyl (C=O) groups excluding carboxylic acids is 3. The Kier molecular flexibility index (Phi) is 5.69. The van der Waals surface area contributed by atoms with Gasteiger partial charge in [0, 0.05) is 32.3 Å². The minimum Gasteiger partial charge on any atom is -0.618 e. The third-order valence-electron chi connectivity index (χ3n) is 5.94. The third kappa shape index (κ3) is 4.00. The van der Waals surface area contributed by atoms with Crippen LogP contribution in [0.15, 0.2) is 48.7 Å². The molecule has 1 aromatic heterocycles. The van der Waals surface area contributed by atoms with Crippen LogP contribution in [0, 0.1) is 11.0 Å². The lowest BCUT2D eigenvalue weighted by molar-refractivity contribution is -0.608. The van der Waals surface area contributed by atoms with Crippen molar-refractivity contribution in [2.75, 3.05) is 20.1 Å². The lowest BCUT2D eigenvalue weighted by atomic mass is 9.95. The molecule has 3 heterocycles. The maximum absolute atomic E-state index is 13.3. The fourth-order valence-corrected chi connectivity index (χ4v) is 4.42. The van der Waals surface area contributed by atoms with Gasteiger partial charge in [0.2, 0.25) is 5.78 Å². The van der Waals surface area contributed by atoms with Crippen molar-refractivity contribution in [3.05, 3.63) is 70.9 Å². The summed E-state index contributed by atoms with van der Waals surface area (Å²) >= 11 is 0. The van der Waals surface area contributed by atoms with Crippen LogP contribution in [0.1, 0.15) is 28.9 Å². The van der Waals surface area contributed by atoms with Gasteiger partial charge in [-0.2, -0.15) is 4.73 Å².